The Morgan fingerprint density at radius 3 is 2.64 bits per heavy atom. The lowest BCUT2D eigenvalue weighted by Gasteiger charge is -2.18. The molecule has 7 heteroatoms. The number of benzene rings is 2. The summed E-state index contributed by atoms with van der Waals surface area (Å²) < 4.78 is 21.0. The van der Waals surface area contributed by atoms with E-state index in [4.69, 9.17) is 16.3 Å². The van der Waals surface area contributed by atoms with Gasteiger partial charge in [0.05, 0.1) is 5.56 Å². The molecule has 1 amide bonds. The Labute approximate surface area is 167 Å². The van der Waals surface area contributed by atoms with Crippen LogP contribution in [-0.4, -0.2) is 35.0 Å². The summed E-state index contributed by atoms with van der Waals surface area (Å²) in [6.45, 7) is 2.23. The molecule has 1 heterocycles. The van der Waals surface area contributed by atoms with Gasteiger partial charge in [0.15, 0.2) is 6.61 Å². The van der Waals surface area contributed by atoms with E-state index in [1.807, 2.05) is 35.8 Å². The molecule has 0 saturated carbocycles. The Balaban J connectivity index is 1.67. The maximum atomic E-state index is 13.9. The highest BCUT2D eigenvalue weighted by Gasteiger charge is 2.19. The molecule has 0 saturated heterocycles. The highest BCUT2D eigenvalue weighted by atomic mass is 35.5. The molecule has 0 unspecified atom stereocenters. The first kappa shape index (κ1) is 19.9. The lowest BCUT2D eigenvalue weighted by Crippen LogP contribution is -2.31. The van der Waals surface area contributed by atoms with Crippen molar-refractivity contribution in [2.24, 2.45) is 0 Å². The van der Waals surface area contributed by atoms with E-state index in [1.54, 1.807) is 12.3 Å². The average Bonchev–Trinajstić information content (AvgIpc) is 3.07. The number of nitrogens with zero attached hydrogens (tertiary/aromatic N) is 2. The molecule has 3 aromatic rings. The predicted octanol–water partition coefficient (Wildman–Crippen LogP) is 4.27. The number of esters is 1. The predicted molar refractivity (Wildman–Crippen MR) is 106 cm³/mol. The number of carbonyl (C=O) groups is 2. The highest BCUT2D eigenvalue weighted by molar-refractivity contribution is 6.31. The van der Waals surface area contributed by atoms with Gasteiger partial charge in [0.25, 0.3) is 5.91 Å². The number of rotatable bonds is 6. The summed E-state index contributed by atoms with van der Waals surface area (Å²) in [5.74, 6) is -1.52. The second-order valence-corrected chi connectivity index (χ2v) is 6.78. The van der Waals surface area contributed by atoms with Crippen LogP contribution < -0.4 is 0 Å². The van der Waals surface area contributed by atoms with Crippen LogP contribution in [0, 0.1) is 5.82 Å². The van der Waals surface area contributed by atoms with Gasteiger partial charge in [-0.1, -0.05) is 35.9 Å². The van der Waals surface area contributed by atoms with Crippen molar-refractivity contribution in [1.29, 1.82) is 0 Å². The zero-order valence-corrected chi connectivity index (χ0v) is 16.4. The number of hydrogen-bond acceptors (Lipinski definition) is 3. The Kier molecular flexibility index (Phi) is 5.99. The van der Waals surface area contributed by atoms with E-state index in [9.17, 15) is 14.0 Å². The van der Waals surface area contributed by atoms with Crippen LogP contribution in [0.2, 0.25) is 5.02 Å². The van der Waals surface area contributed by atoms with Gasteiger partial charge in [-0.2, -0.15) is 0 Å². The van der Waals surface area contributed by atoms with Gasteiger partial charge in [-0.25, -0.2) is 9.18 Å². The molecule has 0 bridgehead atoms. The van der Waals surface area contributed by atoms with Gasteiger partial charge < -0.3 is 14.2 Å². The van der Waals surface area contributed by atoms with Crippen molar-refractivity contribution in [2.75, 3.05) is 13.7 Å². The minimum atomic E-state index is -0.575. The van der Waals surface area contributed by atoms with Gasteiger partial charge >= 0.3 is 5.97 Å². The Bertz CT molecular complexity index is 1010. The monoisotopic (exact) mass is 402 g/mol. The van der Waals surface area contributed by atoms with E-state index in [-0.39, 0.29) is 17.1 Å². The molecule has 0 aliphatic rings. The highest BCUT2D eigenvalue weighted by Crippen LogP contribution is 2.23. The van der Waals surface area contributed by atoms with Crippen LogP contribution in [0.1, 0.15) is 22.8 Å². The molecule has 0 fully saturated rings. The van der Waals surface area contributed by atoms with Crippen LogP contribution in [0.15, 0.2) is 48.7 Å². The van der Waals surface area contributed by atoms with E-state index in [0.717, 1.165) is 10.9 Å². The fourth-order valence-electron chi connectivity index (χ4n) is 3.00. The zero-order valence-electron chi connectivity index (χ0n) is 15.6. The topological polar surface area (TPSA) is 51.5 Å². The van der Waals surface area contributed by atoms with E-state index in [0.29, 0.717) is 12.1 Å². The second-order valence-electron chi connectivity index (χ2n) is 6.37. The number of carbonyl (C=O) groups excluding carboxylic acids is 2. The van der Waals surface area contributed by atoms with Gasteiger partial charge in [0.2, 0.25) is 0 Å². The van der Waals surface area contributed by atoms with Gasteiger partial charge in [0.1, 0.15) is 5.82 Å². The maximum Gasteiger partial charge on any atom is 0.340 e. The largest absolute Gasteiger partial charge is 0.452 e. The minimum absolute atomic E-state index is 0.0168. The summed E-state index contributed by atoms with van der Waals surface area (Å²) >= 11 is 5.99. The SMILES string of the molecule is CCn1cc(C(=O)OCC(=O)N(C)Cc2c(F)cccc2Cl)c2ccccc21. The molecular formula is C21H20ClFN2O3. The van der Waals surface area contributed by atoms with Crippen molar-refractivity contribution in [3.05, 3.63) is 70.6 Å². The molecule has 2 aromatic carbocycles. The van der Waals surface area contributed by atoms with Crippen LogP contribution in [-0.2, 0) is 22.6 Å². The van der Waals surface area contributed by atoms with Crippen LogP contribution >= 0.6 is 11.6 Å². The number of fused-ring (bicyclic) bond motifs is 1. The quantitative estimate of drug-likeness (QED) is 0.578. The van der Waals surface area contributed by atoms with Crippen LogP contribution in [0.4, 0.5) is 4.39 Å². The van der Waals surface area contributed by atoms with Crippen molar-refractivity contribution in [3.63, 3.8) is 0 Å². The first-order chi connectivity index (χ1) is 13.4. The number of hydrogen-bond donors (Lipinski definition) is 0. The zero-order chi connectivity index (χ0) is 20.3. The lowest BCUT2D eigenvalue weighted by atomic mass is 10.2. The molecule has 0 aliphatic heterocycles. The van der Waals surface area contributed by atoms with Crippen LogP contribution in [0.5, 0.6) is 0 Å². The molecule has 0 atom stereocenters. The molecule has 0 aliphatic carbocycles. The van der Waals surface area contributed by atoms with E-state index in [1.165, 1.54) is 24.1 Å². The van der Waals surface area contributed by atoms with Crippen molar-refractivity contribution in [3.8, 4) is 0 Å². The van der Waals surface area contributed by atoms with Gasteiger partial charge in [-0.05, 0) is 25.1 Å². The van der Waals surface area contributed by atoms with Crippen molar-refractivity contribution < 1.29 is 18.7 Å². The number of para-hydroxylation sites is 1. The summed E-state index contributed by atoms with van der Waals surface area (Å²) in [4.78, 5) is 26.1. The maximum absolute atomic E-state index is 13.9. The number of amides is 1. The molecule has 28 heavy (non-hydrogen) atoms. The summed E-state index contributed by atoms with van der Waals surface area (Å²) in [6.07, 6.45) is 1.72. The molecule has 5 nitrogen and oxygen atoms in total. The second kappa shape index (κ2) is 8.44. The Morgan fingerprint density at radius 1 is 1.18 bits per heavy atom. The van der Waals surface area contributed by atoms with Crippen molar-refractivity contribution in [1.82, 2.24) is 9.47 Å². The van der Waals surface area contributed by atoms with Crippen molar-refractivity contribution >= 4 is 34.4 Å². The van der Waals surface area contributed by atoms with Crippen LogP contribution in [0.3, 0.4) is 0 Å². The molecule has 146 valence electrons. The minimum Gasteiger partial charge on any atom is -0.452 e. The summed E-state index contributed by atoms with van der Waals surface area (Å²) in [5.41, 5.74) is 1.55. The summed E-state index contributed by atoms with van der Waals surface area (Å²) in [7, 11) is 1.50. The number of likely N-dealkylation sites (N-methyl/N-ethyl adjacent to an activating group) is 1. The molecule has 0 N–H and O–H groups in total. The molecular weight excluding hydrogens is 383 g/mol. The first-order valence-corrected chi connectivity index (χ1v) is 9.22. The number of aryl methyl sites for hydroxylation is 1. The van der Waals surface area contributed by atoms with Gasteiger partial charge in [-0.15, -0.1) is 0 Å². The van der Waals surface area contributed by atoms with E-state index in [2.05, 4.69) is 0 Å². The Hall–Kier alpha value is -2.86. The van der Waals surface area contributed by atoms with Gasteiger partial charge in [0, 0.05) is 47.8 Å². The third kappa shape index (κ3) is 4.02. The van der Waals surface area contributed by atoms with Crippen LogP contribution in [0.25, 0.3) is 10.9 Å². The Morgan fingerprint density at radius 2 is 1.93 bits per heavy atom. The smallest absolute Gasteiger partial charge is 0.340 e. The van der Waals surface area contributed by atoms with E-state index >= 15 is 0 Å². The molecule has 0 spiro atoms. The number of halogens is 2. The summed E-state index contributed by atoms with van der Waals surface area (Å²) in [6, 6.07) is 11.8. The van der Waals surface area contributed by atoms with Gasteiger partial charge in [-0.3, -0.25) is 4.79 Å². The number of ether oxygens (including phenoxy) is 1. The number of aromatic nitrogens is 1. The summed E-state index contributed by atoms with van der Waals surface area (Å²) in [5, 5.41) is 1.01. The molecule has 0 radical (unpaired) electrons. The van der Waals surface area contributed by atoms with E-state index < -0.39 is 24.3 Å². The lowest BCUT2D eigenvalue weighted by molar-refractivity contribution is -0.133. The fourth-order valence-corrected chi connectivity index (χ4v) is 3.22. The van der Waals surface area contributed by atoms with Crippen molar-refractivity contribution in [2.45, 2.75) is 20.0 Å². The molecule has 3 rings (SSSR count). The standard InChI is InChI=1S/C21H20ClFN2O3/c1-3-25-12-15(14-7-4-5-10-19(14)25)21(27)28-13-20(26)24(2)11-16-17(22)8-6-9-18(16)23/h4-10,12H,3,11,13H2,1-2H3. The third-order valence-corrected chi connectivity index (χ3v) is 4.91. The molecule has 1 aromatic heterocycles. The first-order valence-electron chi connectivity index (χ1n) is 8.84. The third-order valence-electron chi connectivity index (χ3n) is 4.56. The average molecular weight is 403 g/mol. The fraction of sp³-hybridized carbons (Fsp3) is 0.238. The normalized spacial score (nSPS) is 10.9.